The van der Waals surface area contributed by atoms with E-state index in [4.69, 9.17) is 9.47 Å². The molecule has 0 aromatic carbocycles. The first kappa shape index (κ1) is 17.7. The van der Waals surface area contributed by atoms with E-state index >= 15 is 0 Å². The summed E-state index contributed by atoms with van der Waals surface area (Å²) >= 11 is 0. The molecule has 2 N–H and O–H groups in total. The molecule has 0 aromatic heterocycles. The Morgan fingerprint density at radius 1 is 1.29 bits per heavy atom. The minimum absolute atomic E-state index is 0.214. The lowest BCUT2D eigenvalue weighted by Crippen LogP contribution is -2.48. The van der Waals surface area contributed by atoms with Crippen molar-refractivity contribution < 1.29 is 19.1 Å². The largest absolute Gasteiger partial charge is 0.444 e. The van der Waals surface area contributed by atoms with Crippen LogP contribution < -0.4 is 10.6 Å². The lowest BCUT2D eigenvalue weighted by atomic mass is 10.2. The maximum absolute atomic E-state index is 11.9. The SMILES string of the molecule is CC(NC(=O)OC(C)(C)C)C(=O)NCCN1CCOCC1. The first-order chi connectivity index (χ1) is 9.78. The fourth-order valence-corrected chi connectivity index (χ4v) is 1.86. The van der Waals surface area contributed by atoms with Crippen LogP contribution in [-0.4, -0.2) is 67.9 Å². The molecule has 0 spiro atoms. The Kier molecular flexibility index (Phi) is 6.91. The zero-order valence-corrected chi connectivity index (χ0v) is 13.4. The van der Waals surface area contributed by atoms with Gasteiger partial charge in [-0.2, -0.15) is 0 Å². The summed E-state index contributed by atoms with van der Waals surface area (Å²) in [5.41, 5.74) is -0.573. The molecule has 1 atom stereocenters. The summed E-state index contributed by atoms with van der Waals surface area (Å²) < 4.78 is 10.4. The van der Waals surface area contributed by atoms with Crippen LogP contribution in [0.2, 0.25) is 0 Å². The summed E-state index contributed by atoms with van der Waals surface area (Å²) in [5.74, 6) is -0.214. The lowest BCUT2D eigenvalue weighted by Gasteiger charge is -2.26. The Morgan fingerprint density at radius 3 is 2.48 bits per heavy atom. The molecule has 122 valence electrons. The monoisotopic (exact) mass is 301 g/mol. The van der Waals surface area contributed by atoms with Crippen LogP contribution in [0, 0.1) is 0 Å². The molecule has 0 bridgehead atoms. The molecule has 1 saturated heterocycles. The summed E-state index contributed by atoms with van der Waals surface area (Å²) in [6, 6.07) is -0.621. The second kappa shape index (κ2) is 8.19. The van der Waals surface area contributed by atoms with Crippen molar-refractivity contribution in [1.29, 1.82) is 0 Å². The van der Waals surface area contributed by atoms with E-state index in [0.717, 1.165) is 32.8 Å². The molecule has 0 aliphatic carbocycles. The van der Waals surface area contributed by atoms with E-state index in [0.29, 0.717) is 6.54 Å². The maximum atomic E-state index is 11.9. The Balaban J connectivity index is 2.19. The van der Waals surface area contributed by atoms with E-state index in [-0.39, 0.29) is 5.91 Å². The smallest absolute Gasteiger partial charge is 0.408 e. The summed E-state index contributed by atoms with van der Waals surface area (Å²) in [4.78, 5) is 25.7. The van der Waals surface area contributed by atoms with Crippen molar-refractivity contribution in [3.8, 4) is 0 Å². The van der Waals surface area contributed by atoms with E-state index in [1.165, 1.54) is 0 Å². The van der Waals surface area contributed by atoms with Gasteiger partial charge in [-0.15, -0.1) is 0 Å². The fourth-order valence-electron chi connectivity index (χ4n) is 1.86. The summed E-state index contributed by atoms with van der Waals surface area (Å²) in [6.45, 7) is 11.6. The van der Waals surface area contributed by atoms with Gasteiger partial charge in [0.2, 0.25) is 5.91 Å². The molecule has 0 aromatic rings. The normalized spacial score (nSPS) is 17.9. The molecular formula is C14H27N3O4. The number of morpholine rings is 1. The first-order valence-electron chi connectivity index (χ1n) is 7.35. The van der Waals surface area contributed by atoms with Gasteiger partial charge in [0.05, 0.1) is 13.2 Å². The maximum Gasteiger partial charge on any atom is 0.408 e. The van der Waals surface area contributed by atoms with Gasteiger partial charge < -0.3 is 20.1 Å². The average molecular weight is 301 g/mol. The van der Waals surface area contributed by atoms with Crippen molar-refractivity contribution in [2.75, 3.05) is 39.4 Å². The van der Waals surface area contributed by atoms with Gasteiger partial charge in [0.15, 0.2) is 0 Å². The van der Waals surface area contributed by atoms with E-state index in [2.05, 4.69) is 15.5 Å². The number of nitrogens with zero attached hydrogens (tertiary/aromatic N) is 1. The number of alkyl carbamates (subject to hydrolysis) is 1. The van der Waals surface area contributed by atoms with Gasteiger partial charge in [-0.25, -0.2) is 4.79 Å². The molecule has 0 saturated carbocycles. The Bertz CT molecular complexity index is 349. The standard InChI is InChI=1S/C14H27N3O4/c1-11(16-13(19)21-14(2,3)4)12(18)15-5-6-17-7-9-20-10-8-17/h11H,5-10H2,1-4H3,(H,15,18)(H,16,19). The zero-order valence-electron chi connectivity index (χ0n) is 13.4. The third-order valence-corrected chi connectivity index (χ3v) is 2.96. The van der Waals surface area contributed by atoms with Crippen LogP contribution in [0.3, 0.4) is 0 Å². The number of ether oxygens (including phenoxy) is 2. The summed E-state index contributed by atoms with van der Waals surface area (Å²) in [5, 5.41) is 5.32. The van der Waals surface area contributed by atoms with Crippen LogP contribution in [0.25, 0.3) is 0 Å². The van der Waals surface area contributed by atoms with Crippen molar-refractivity contribution in [1.82, 2.24) is 15.5 Å². The Labute approximate surface area is 126 Å². The van der Waals surface area contributed by atoms with E-state index < -0.39 is 17.7 Å². The van der Waals surface area contributed by atoms with Gasteiger partial charge >= 0.3 is 6.09 Å². The molecule has 1 aliphatic rings. The van der Waals surface area contributed by atoms with E-state index in [1.54, 1.807) is 27.7 Å². The third-order valence-electron chi connectivity index (χ3n) is 2.96. The van der Waals surface area contributed by atoms with Crippen LogP contribution in [0.15, 0.2) is 0 Å². The third kappa shape index (κ3) is 7.87. The molecule has 0 radical (unpaired) electrons. The fraction of sp³-hybridized carbons (Fsp3) is 0.857. The van der Waals surface area contributed by atoms with Gasteiger partial charge in [0, 0.05) is 26.2 Å². The first-order valence-corrected chi connectivity index (χ1v) is 7.35. The van der Waals surface area contributed by atoms with Crippen LogP contribution in [0.5, 0.6) is 0 Å². The van der Waals surface area contributed by atoms with Gasteiger partial charge in [-0.3, -0.25) is 9.69 Å². The molecular weight excluding hydrogens is 274 g/mol. The van der Waals surface area contributed by atoms with Crippen molar-refractivity contribution in [2.24, 2.45) is 0 Å². The highest BCUT2D eigenvalue weighted by atomic mass is 16.6. The number of nitrogens with one attached hydrogen (secondary N) is 2. The van der Waals surface area contributed by atoms with Gasteiger partial charge in [0.25, 0.3) is 0 Å². The summed E-state index contributed by atoms with van der Waals surface area (Å²) in [7, 11) is 0. The molecule has 7 nitrogen and oxygen atoms in total. The highest BCUT2D eigenvalue weighted by molar-refractivity contribution is 5.85. The number of rotatable bonds is 5. The number of hydrogen-bond donors (Lipinski definition) is 2. The zero-order chi connectivity index (χ0) is 15.9. The molecule has 21 heavy (non-hydrogen) atoms. The van der Waals surface area contributed by atoms with Crippen LogP contribution >= 0.6 is 0 Å². The van der Waals surface area contributed by atoms with E-state index in [9.17, 15) is 9.59 Å². The van der Waals surface area contributed by atoms with Gasteiger partial charge in [0.1, 0.15) is 11.6 Å². The van der Waals surface area contributed by atoms with Crippen molar-refractivity contribution in [3.63, 3.8) is 0 Å². The molecule has 2 amide bonds. The molecule has 1 heterocycles. The highest BCUT2D eigenvalue weighted by Crippen LogP contribution is 2.06. The molecule has 1 unspecified atom stereocenters. The second-order valence-corrected chi connectivity index (χ2v) is 6.11. The van der Waals surface area contributed by atoms with Crippen LogP contribution in [0.1, 0.15) is 27.7 Å². The second-order valence-electron chi connectivity index (χ2n) is 6.11. The predicted octanol–water partition coefficient (Wildman–Crippen LogP) is 0.348. The number of carbonyl (C=O) groups is 2. The van der Waals surface area contributed by atoms with Gasteiger partial charge in [-0.05, 0) is 27.7 Å². The molecule has 1 rings (SSSR count). The van der Waals surface area contributed by atoms with Crippen molar-refractivity contribution in [2.45, 2.75) is 39.3 Å². The van der Waals surface area contributed by atoms with Crippen LogP contribution in [-0.2, 0) is 14.3 Å². The topological polar surface area (TPSA) is 79.9 Å². The number of carbonyl (C=O) groups excluding carboxylic acids is 2. The number of hydrogen-bond acceptors (Lipinski definition) is 5. The van der Waals surface area contributed by atoms with Crippen molar-refractivity contribution >= 4 is 12.0 Å². The minimum Gasteiger partial charge on any atom is -0.444 e. The minimum atomic E-state index is -0.621. The predicted molar refractivity (Wildman–Crippen MR) is 79.1 cm³/mol. The average Bonchev–Trinajstić information content (AvgIpc) is 2.37. The number of amides is 2. The van der Waals surface area contributed by atoms with Crippen LogP contribution in [0.4, 0.5) is 4.79 Å². The Morgan fingerprint density at radius 2 is 1.90 bits per heavy atom. The van der Waals surface area contributed by atoms with Crippen molar-refractivity contribution in [3.05, 3.63) is 0 Å². The molecule has 1 aliphatic heterocycles. The highest BCUT2D eigenvalue weighted by Gasteiger charge is 2.21. The molecule has 7 heteroatoms. The summed E-state index contributed by atoms with van der Waals surface area (Å²) in [6.07, 6.45) is -0.585. The van der Waals surface area contributed by atoms with E-state index in [1.807, 2.05) is 0 Å². The quantitative estimate of drug-likeness (QED) is 0.766. The Hall–Kier alpha value is -1.34. The van der Waals surface area contributed by atoms with Gasteiger partial charge in [-0.1, -0.05) is 0 Å². The molecule has 1 fully saturated rings. The lowest BCUT2D eigenvalue weighted by molar-refractivity contribution is -0.122.